The van der Waals surface area contributed by atoms with Crippen molar-refractivity contribution < 1.29 is 0 Å². The van der Waals surface area contributed by atoms with E-state index in [2.05, 4.69) is 63.7 Å². The largest absolute Gasteiger partial charge is 0.357 e. The maximum Gasteiger partial charge on any atom is 0.191 e. The second-order valence-electron chi connectivity index (χ2n) is 7.62. The summed E-state index contributed by atoms with van der Waals surface area (Å²) in [6, 6.07) is 14.8. The lowest BCUT2D eigenvalue weighted by atomic mass is 10.1. The number of nitrogens with zero attached hydrogens (tertiary/aromatic N) is 4. The highest BCUT2D eigenvalue weighted by Gasteiger charge is 2.12. The molecular formula is C23H34N6. The molecular weight excluding hydrogens is 360 g/mol. The van der Waals surface area contributed by atoms with Crippen molar-refractivity contribution in [3.63, 3.8) is 0 Å². The maximum absolute atomic E-state index is 4.72. The van der Waals surface area contributed by atoms with Gasteiger partial charge in [0.25, 0.3) is 0 Å². The fraction of sp³-hybridized carbons (Fsp3) is 0.478. The molecule has 0 bridgehead atoms. The lowest BCUT2D eigenvalue weighted by molar-refractivity contribution is 0.269. The van der Waals surface area contributed by atoms with Crippen LogP contribution in [0.5, 0.6) is 0 Å². The van der Waals surface area contributed by atoms with E-state index in [-0.39, 0.29) is 0 Å². The Kier molecular flexibility index (Phi) is 8.46. The van der Waals surface area contributed by atoms with Gasteiger partial charge in [-0.25, -0.2) is 4.99 Å². The summed E-state index contributed by atoms with van der Waals surface area (Å²) in [6.07, 6.45) is 3.06. The minimum absolute atomic E-state index is 0.659. The van der Waals surface area contributed by atoms with Crippen LogP contribution in [0.15, 0.2) is 53.7 Å². The van der Waals surface area contributed by atoms with Crippen LogP contribution >= 0.6 is 0 Å². The van der Waals surface area contributed by atoms with Gasteiger partial charge in [-0.2, -0.15) is 0 Å². The van der Waals surface area contributed by atoms with Crippen molar-refractivity contribution in [2.45, 2.75) is 33.0 Å². The number of likely N-dealkylation sites (N-methyl/N-ethyl adjacent to an activating group) is 1. The minimum Gasteiger partial charge on any atom is -0.357 e. The molecule has 6 heteroatoms. The van der Waals surface area contributed by atoms with Gasteiger partial charge in [0.1, 0.15) is 0 Å². The molecule has 6 nitrogen and oxygen atoms in total. The van der Waals surface area contributed by atoms with Crippen LogP contribution in [0.2, 0.25) is 0 Å². The topological polar surface area (TPSA) is 55.8 Å². The molecule has 1 saturated heterocycles. The van der Waals surface area contributed by atoms with Crippen LogP contribution in [0.4, 0.5) is 0 Å². The summed E-state index contributed by atoms with van der Waals surface area (Å²) in [5.41, 5.74) is 3.60. The van der Waals surface area contributed by atoms with Gasteiger partial charge in [-0.15, -0.1) is 0 Å². The molecule has 0 saturated carbocycles. The molecule has 0 spiro atoms. The second kappa shape index (κ2) is 11.5. The zero-order valence-corrected chi connectivity index (χ0v) is 17.8. The molecule has 0 aliphatic carbocycles. The number of hydrogen-bond acceptors (Lipinski definition) is 4. The molecule has 2 heterocycles. The number of pyridine rings is 1. The monoisotopic (exact) mass is 394 g/mol. The van der Waals surface area contributed by atoms with Gasteiger partial charge in [-0.05, 0) is 56.7 Å². The minimum atomic E-state index is 0.659. The Hall–Kier alpha value is -2.44. The van der Waals surface area contributed by atoms with Crippen LogP contribution in [0.1, 0.15) is 30.2 Å². The normalized spacial score (nSPS) is 16.4. The second-order valence-corrected chi connectivity index (χ2v) is 7.62. The Morgan fingerprint density at radius 3 is 2.59 bits per heavy atom. The molecule has 2 aromatic rings. The van der Waals surface area contributed by atoms with Crippen molar-refractivity contribution in [1.82, 2.24) is 25.4 Å². The van der Waals surface area contributed by atoms with Gasteiger partial charge in [0.2, 0.25) is 0 Å². The molecule has 1 aromatic heterocycles. The van der Waals surface area contributed by atoms with Crippen LogP contribution in [-0.2, 0) is 19.6 Å². The maximum atomic E-state index is 4.72. The van der Waals surface area contributed by atoms with Crippen LogP contribution in [0.3, 0.4) is 0 Å². The quantitative estimate of drug-likeness (QED) is 0.558. The van der Waals surface area contributed by atoms with Gasteiger partial charge in [-0.3, -0.25) is 9.88 Å². The summed E-state index contributed by atoms with van der Waals surface area (Å²) in [5.74, 6) is 0.816. The molecule has 1 aromatic carbocycles. The number of guanidine groups is 1. The van der Waals surface area contributed by atoms with Crippen LogP contribution < -0.4 is 10.6 Å². The van der Waals surface area contributed by atoms with E-state index in [1.807, 2.05) is 24.4 Å². The molecule has 1 aliphatic rings. The highest BCUT2D eigenvalue weighted by Crippen LogP contribution is 2.11. The zero-order chi connectivity index (χ0) is 20.3. The van der Waals surface area contributed by atoms with E-state index >= 15 is 0 Å². The number of aliphatic imine (C=N–C) groups is 1. The summed E-state index contributed by atoms with van der Waals surface area (Å²) < 4.78 is 0. The molecule has 0 radical (unpaired) electrons. The van der Waals surface area contributed by atoms with Crippen molar-refractivity contribution in [2.75, 3.05) is 39.8 Å². The van der Waals surface area contributed by atoms with Gasteiger partial charge < -0.3 is 15.5 Å². The summed E-state index contributed by atoms with van der Waals surface area (Å²) >= 11 is 0. The van der Waals surface area contributed by atoms with Gasteiger partial charge in [0, 0.05) is 32.4 Å². The first kappa shape index (κ1) is 21.3. The van der Waals surface area contributed by atoms with Crippen LogP contribution in [0.25, 0.3) is 0 Å². The van der Waals surface area contributed by atoms with Crippen molar-refractivity contribution in [3.05, 3.63) is 65.5 Å². The van der Waals surface area contributed by atoms with E-state index in [4.69, 9.17) is 4.99 Å². The summed E-state index contributed by atoms with van der Waals surface area (Å²) in [4.78, 5) is 14.0. The number of hydrogen-bond donors (Lipinski definition) is 2. The third-order valence-electron chi connectivity index (χ3n) is 5.17. The van der Waals surface area contributed by atoms with Gasteiger partial charge in [-0.1, -0.05) is 30.3 Å². The standard InChI is InChI=1S/C23H34N6/c1-3-24-23(27-18-22-7-4-5-12-25-22)26-17-20-8-10-21(11-9-20)19-29-14-6-13-28(2)15-16-29/h4-5,7-12H,3,6,13-19H2,1-2H3,(H2,24,26,27). The first-order valence-corrected chi connectivity index (χ1v) is 10.6. The predicted octanol–water partition coefficient (Wildman–Crippen LogP) is 2.47. The van der Waals surface area contributed by atoms with E-state index in [0.717, 1.165) is 37.8 Å². The van der Waals surface area contributed by atoms with Crippen molar-refractivity contribution in [3.8, 4) is 0 Å². The van der Waals surface area contributed by atoms with Crippen molar-refractivity contribution in [1.29, 1.82) is 0 Å². The lowest BCUT2D eigenvalue weighted by Gasteiger charge is -2.20. The highest BCUT2D eigenvalue weighted by molar-refractivity contribution is 5.79. The summed E-state index contributed by atoms with van der Waals surface area (Å²) in [7, 11) is 2.21. The molecule has 1 fully saturated rings. The number of nitrogens with one attached hydrogen (secondary N) is 2. The van der Waals surface area contributed by atoms with E-state index < -0.39 is 0 Å². The molecule has 1 aliphatic heterocycles. The first-order chi connectivity index (χ1) is 14.2. The van der Waals surface area contributed by atoms with Gasteiger partial charge >= 0.3 is 0 Å². The van der Waals surface area contributed by atoms with E-state index in [1.54, 1.807) is 0 Å². The Balaban J connectivity index is 1.51. The highest BCUT2D eigenvalue weighted by atomic mass is 15.2. The molecule has 0 atom stereocenters. The van der Waals surface area contributed by atoms with E-state index in [9.17, 15) is 0 Å². The van der Waals surface area contributed by atoms with Gasteiger partial charge in [0.05, 0.1) is 18.8 Å². The SMILES string of the molecule is CCNC(=NCc1ccc(CN2CCCN(C)CC2)cc1)NCc1ccccn1. The van der Waals surface area contributed by atoms with Crippen LogP contribution in [0, 0.1) is 0 Å². The third kappa shape index (κ3) is 7.48. The Labute approximate surface area is 175 Å². The number of benzene rings is 1. The molecule has 156 valence electrons. The molecule has 29 heavy (non-hydrogen) atoms. The Bertz CT molecular complexity index is 744. The average molecular weight is 395 g/mol. The third-order valence-corrected chi connectivity index (χ3v) is 5.17. The lowest BCUT2D eigenvalue weighted by Crippen LogP contribution is -2.37. The van der Waals surface area contributed by atoms with Crippen molar-refractivity contribution >= 4 is 5.96 Å². The molecule has 0 unspecified atom stereocenters. The Morgan fingerprint density at radius 1 is 1.00 bits per heavy atom. The number of aromatic nitrogens is 1. The molecule has 2 N–H and O–H groups in total. The van der Waals surface area contributed by atoms with E-state index in [1.165, 1.54) is 30.6 Å². The summed E-state index contributed by atoms with van der Waals surface area (Å²) in [5, 5.41) is 6.65. The molecule has 0 amide bonds. The summed E-state index contributed by atoms with van der Waals surface area (Å²) in [6.45, 7) is 9.96. The smallest absolute Gasteiger partial charge is 0.191 e. The van der Waals surface area contributed by atoms with E-state index in [0.29, 0.717) is 13.1 Å². The van der Waals surface area contributed by atoms with Crippen molar-refractivity contribution in [2.24, 2.45) is 4.99 Å². The average Bonchev–Trinajstić information content (AvgIpc) is 2.96. The first-order valence-electron chi connectivity index (χ1n) is 10.6. The number of rotatable bonds is 7. The fourth-order valence-electron chi connectivity index (χ4n) is 3.46. The predicted molar refractivity (Wildman–Crippen MR) is 120 cm³/mol. The fourth-order valence-corrected chi connectivity index (χ4v) is 3.46. The Morgan fingerprint density at radius 2 is 1.83 bits per heavy atom. The van der Waals surface area contributed by atoms with Crippen LogP contribution in [-0.4, -0.2) is 60.5 Å². The zero-order valence-electron chi connectivity index (χ0n) is 17.8. The molecule has 3 rings (SSSR count). The van der Waals surface area contributed by atoms with Gasteiger partial charge in [0.15, 0.2) is 5.96 Å².